The van der Waals surface area contributed by atoms with Crippen LogP contribution in [0, 0.1) is 6.92 Å². The monoisotopic (exact) mass is 386 g/mol. The van der Waals surface area contributed by atoms with Gasteiger partial charge < -0.3 is 15.1 Å². The smallest absolute Gasteiger partial charge is 0.282 e. The number of amides is 2. The molecule has 1 atom stereocenters. The molecule has 1 aliphatic heterocycles. The van der Waals surface area contributed by atoms with E-state index in [2.05, 4.69) is 11.4 Å². The first-order valence-electron chi connectivity index (χ1n) is 9.25. The van der Waals surface area contributed by atoms with Gasteiger partial charge in [0.2, 0.25) is 0 Å². The predicted molar refractivity (Wildman–Crippen MR) is 109 cm³/mol. The summed E-state index contributed by atoms with van der Waals surface area (Å²) in [6.07, 6.45) is 0.887. The Morgan fingerprint density at radius 1 is 1.19 bits per heavy atom. The van der Waals surface area contributed by atoms with E-state index in [1.54, 1.807) is 12.1 Å². The molecule has 1 heterocycles. The van der Waals surface area contributed by atoms with Gasteiger partial charge in [-0.15, -0.1) is 0 Å². The molecule has 3 rings (SSSR count). The van der Waals surface area contributed by atoms with Crippen LogP contribution in [0.4, 0.5) is 11.4 Å². The Labute approximate surface area is 164 Å². The van der Waals surface area contributed by atoms with Crippen LogP contribution in [-0.2, 0) is 16.0 Å². The third-order valence-electron chi connectivity index (χ3n) is 4.97. The normalized spacial score (nSPS) is 14.0. The molecular weight excluding hydrogens is 362 g/mol. The average Bonchev–Trinajstić information content (AvgIpc) is 3.08. The number of benzene rings is 2. The van der Waals surface area contributed by atoms with E-state index in [4.69, 9.17) is 11.6 Å². The SMILES string of the molecule is CC[NH+](CC(=O)Nc1cc(Cl)ccc1C)CC(=O)N1CCc2ccccc21. The van der Waals surface area contributed by atoms with Crippen LogP contribution in [0.2, 0.25) is 5.02 Å². The summed E-state index contributed by atoms with van der Waals surface area (Å²) in [5.74, 6) is -0.0598. The predicted octanol–water partition coefficient (Wildman–Crippen LogP) is 2.08. The molecule has 1 unspecified atom stereocenters. The number of quaternary nitrogens is 1. The Kier molecular flexibility index (Phi) is 6.14. The molecule has 2 aromatic rings. The Morgan fingerprint density at radius 2 is 1.96 bits per heavy atom. The van der Waals surface area contributed by atoms with Crippen molar-refractivity contribution in [3.63, 3.8) is 0 Å². The molecule has 0 saturated carbocycles. The van der Waals surface area contributed by atoms with Gasteiger partial charge in [-0.25, -0.2) is 0 Å². The van der Waals surface area contributed by atoms with E-state index in [0.29, 0.717) is 30.3 Å². The highest BCUT2D eigenvalue weighted by Gasteiger charge is 2.27. The highest BCUT2D eigenvalue weighted by molar-refractivity contribution is 6.31. The van der Waals surface area contributed by atoms with Gasteiger partial charge in [-0.05, 0) is 49.6 Å². The highest BCUT2D eigenvalue weighted by atomic mass is 35.5. The summed E-state index contributed by atoms with van der Waals surface area (Å²) >= 11 is 6.01. The molecule has 0 radical (unpaired) electrons. The van der Waals surface area contributed by atoms with Gasteiger partial charge in [0.25, 0.3) is 11.8 Å². The topological polar surface area (TPSA) is 53.9 Å². The van der Waals surface area contributed by atoms with Gasteiger partial charge in [0.1, 0.15) is 0 Å². The van der Waals surface area contributed by atoms with Crippen LogP contribution in [-0.4, -0.2) is 38.0 Å². The van der Waals surface area contributed by atoms with Crippen molar-refractivity contribution >= 4 is 34.8 Å². The van der Waals surface area contributed by atoms with Gasteiger partial charge in [-0.1, -0.05) is 35.9 Å². The fourth-order valence-electron chi connectivity index (χ4n) is 3.37. The summed E-state index contributed by atoms with van der Waals surface area (Å²) < 4.78 is 0. The number of nitrogens with one attached hydrogen (secondary N) is 2. The zero-order valence-corrected chi connectivity index (χ0v) is 16.5. The number of carbonyl (C=O) groups is 2. The van der Waals surface area contributed by atoms with E-state index in [9.17, 15) is 9.59 Å². The van der Waals surface area contributed by atoms with Gasteiger partial charge in [0.15, 0.2) is 13.1 Å². The first-order chi connectivity index (χ1) is 13.0. The second-order valence-corrected chi connectivity index (χ2v) is 7.33. The molecule has 0 aromatic heterocycles. The maximum Gasteiger partial charge on any atom is 0.282 e. The summed E-state index contributed by atoms with van der Waals surface area (Å²) in [4.78, 5) is 28.0. The lowest BCUT2D eigenvalue weighted by Crippen LogP contribution is -3.14. The van der Waals surface area contributed by atoms with Crippen LogP contribution in [0.15, 0.2) is 42.5 Å². The van der Waals surface area contributed by atoms with Gasteiger partial charge >= 0.3 is 0 Å². The second kappa shape index (κ2) is 8.55. The Bertz CT molecular complexity index is 853. The molecule has 2 N–H and O–H groups in total. The minimum atomic E-state index is -0.119. The molecule has 2 amide bonds. The second-order valence-electron chi connectivity index (χ2n) is 6.89. The lowest BCUT2D eigenvalue weighted by molar-refractivity contribution is -0.881. The van der Waals surface area contributed by atoms with Crippen molar-refractivity contribution in [1.29, 1.82) is 0 Å². The Hall–Kier alpha value is -2.37. The van der Waals surface area contributed by atoms with E-state index < -0.39 is 0 Å². The van der Waals surface area contributed by atoms with Crippen molar-refractivity contribution in [2.24, 2.45) is 0 Å². The van der Waals surface area contributed by atoms with Crippen molar-refractivity contribution in [1.82, 2.24) is 0 Å². The van der Waals surface area contributed by atoms with Crippen molar-refractivity contribution in [3.05, 3.63) is 58.6 Å². The number of carbonyl (C=O) groups excluding carboxylic acids is 2. The molecule has 0 spiro atoms. The number of aryl methyl sites for hydroxylation is 1. The highest BCUT2D eigenvalue weighted by Crippen LogP contribution is 2.27. The van der Waals surface area contributed by atoms with E-state index in [-0.39, 0.29) is 18.4 Å². The fourth-order valence-corrected chi connectivity index (χ4v) is 3.54. The summed E-state index contributed by atoms with van der Waals surface area (Å²) in [5.41, 5.74) is 3.87. The Balaban J connectivity index is 1.60. The summed E-state index contributed by atoms with van der Waals surface area (Å²) in [7, 11) is 0. The lowest BCUT2D eigenvalue weighted by Gasteiger charge is -2.22. The molecule has 0 bridgehead atoms. The zero-order valence-electron chi connectivity index (χ0n) is 15.7. The molecule has 1 aliphatic rings. The largest absolute Gasteiger partial charge is 0.321 e. The molecule has 0 saturated heterocycles. The summed E-state index contributed by atoms with van der Waals surface area (Å²) in [5, 5.41) is 3.49. The number of fused-ring (bicyclic) bond motifs is 1. The summed E-state index contributed by atoms with van der Waals surface area (Å²) in [6.45, 7) is 5.85. The van der Waals surface area contributed by atoms with E-state index in [0.717, 1.165) is 22.6 Å². The van der Waals surface area contributed by atoms with Crippen LogP contribution in [0.25, 0.3) is 0 Å². The maximum absolute atomic E-state index is 12.8. The van der Waals surface area contributed by atoms with Crippen LogP contribution < -0.4 is 15.1 Å². The molecule has 2 aromatic carbocycles. The molecule has 142 valence electrons. The Morgan fingerprint density at radius 3 is 2.74 bits per heavy atom. The van der Waals surface area contributed by atoms with Crippen molar-refractivity contribution in [2.45, 2.75) is 20.3 Å². The van der Waals surface area contributed by atoms with Crippen molar-refractivity contribution in [3.8, 4) is 0 Å². The number of rotatable bonds is 6. The average molecular weight is 387 g/mol. The number of hydrogen-bond donors (Lipinski definition) is 2. The number of anilines is 2. The fraction of sp³-hybridized carbons (Fsp3) is 0.333. The number of para-hydroxylation sites is 1. The first kappa shape index (κ1) is 19.4. The van der Waals surface area contributed by atoms with Crippen molar-refractivity contribution in [2.75, 3.05) is 36.4 Å². The van der Waals surface area contributed by atoms with Gasteiger partial charge in [-0.2, -0.15) is 0 Å². The molecule has 5 nitrogen and oxygen atoms in total. The van der Waals surface area contributed by atoms with E-state index in [1.807, 2.05) is 43.0 Å². The minimum absolute atomic E-state index is 0.0588. The molecular formula is C21H25ClN3O2+. The standard InChI is InChI=1S/C21H24ClN3O2/c1-3-24(13-20(26)23-18-12-17(22)9-8-15(18)2)14-21(27)25-11-10-16-6-4-5-7-19(16)25/h4-9,12H,3,10-11,13-14H2,1-2H3,(H,23,26)/p+1. The first-order valence-corrected chi connectivity index (χ1v) is 9.63. The maximum atomic E-state index is 12.8. The quantitative estimate of drug-likeness (QED) is 0.798. The van der Waals surface area contributed by atoms with Crippen LogP contribution in [0.1, 0.15) is 18.1 Å². The number of likely N-dealkylation sites (N-methyl/N-ethyl adjacent to an activating group) is 1. The van der Waals surface area contributed by atoms with Gasteiger partial charge in [0.05, 0.1) is 6.54 Å². The minimum Gasteiger partial charge on any atom is -0.321 e. The van der Waals surface area contributed by atoms with Crippen LogP contribution in [0.3, 0.4) is 0 Å². The molecule has 0 aliphatic carbocycles. The van der Waals surface area contributed by atoms with Crippen molar-refractivity contribution < 1.29 is 14.5 Å². The summed E-state index contributed by atoms with van der Waals surface area (Å²) in [6, 6.07) is 13.4. The van der Waals surface area contributed by atoms with Crippen LogP contribution >= 0.6 is 11.6 Å². The van der Waals surface area contributed by atoms with Gasteiger partial charge in [-0.3, -0.25) is 9.59 Å². The number of hydrogen-bond acceptors (Lipinski definition) is 2. The van der Waals surface area contributed by atoms with E-state index in [1.165, 1.54) is 5.56 Å². The third kappa shape index (κ3) is 4.67. The lowest BCUT2D eigenvalue weighted by atomic mass is 10.2. The third-order valence-corrected chi connectivity index (χ3v) is 5.21. The van der Waals surface area contributed by atoms with Crippen LogP contribution in [0.5, 0.6) is 0 Å². The number of halogens is 1. The molecule has 27 heavy (non-hydrogen) atoms. The van der Waals surface area contributed by atoms with Gasteiger partial charge in [0, 0.05) is 22.9 Å². The van der Waals surface area contributed by atoms with E-state index >= 15 is 0 Å². The molecule has 0 fully saturated rings. The zero-order chi connectivity index (χ0) is 19.4. The number of nitrogens with zero attached hydrogens (tertiary/aromatic N) is 1. The molecule has 6 heteroatoms.